The summed E-state index contributed by atoms with van der Waals surface area (Å²) < 4.78 is 0. The Bertz CT molecular complexity index is 1490. The number of nitro benzene ring substituents is 2. The van der Waals surface area contributed by atoms with Gasteiger partial charge < -0.3 is 9.80 Å². The number of rotatable bonds is 4. The average Bonchev–Trinajstić information content (AvgIpc) is 3.22. The summed E-state index contributed by atoms with van der Waals surface area (Å²) in [5, 5.41) is 22.8. The third kappa shape index (κ3) is 4.17. The summed E-state index contributed by atoms with van der Waals surface area (Å²) in [4.78, 5) is 51.9. The number of benzene rings is 3. The molecule has 3 aromatic carbocycles. The highest BCUT2D eigenvalue weighted by Gasteiger charge is 2.47. The average molecular weight is 515 g/mol. The molecule has 0 unspecified atom stereocenters. The van der Waals surface area contributed by atoms with E-state index in [0.717, 1.165) is 11.3 Å². The lowest BCUT2D eigenvalue weighted by atomic mass is 9.74. The van der Waals surface area contributed by atoms with E-state index in [9.17, 15) is 29.8 Å². The van der Waals surface area contributed by atoms with Gasteiger partial charge in [-0.3, -0.25) is 29.8 Å². The number of aryl methyl sites for hydroxylation is 2. The van der Waals surface area contributed by atoms with Crippen molar-refractivity contribution in [3.05, 3.63) is 109 Å². The number of likely N-dealkylation sites (tertiary alicyclic amines) is 1. The van der Waals surface area contributed by atoms with Crippen molar-refractivity contribution in [3.8, 4) is 0 Å². The summed E-state index contributed by atoms with van der Waals surface area (Å²) in [5.41, 5.74) is 2.77. The molecule has 2 aliphatic rings. The first-order valence-electron chi connectivity index (χ1n) is 12.3. The molecule has 10 nitrogen and oxygen atoms in total. The molecule has 0 radical (unpaired) electrons. The van der Waals surface area contributed by atoms with Gasteiger partial charge in [0, 0.05) is 65.1 Å². The predicted octanol–water partition coefficient (Wildman–Crippen LogP) is 4.95. The molecule has 0 aromatic heterocycles. The first-order chi connectivity index (χ1) is 18.1. The highest BCUT2D eigenvalue weighted by atomic mass is 16.6. The summed E-state index contributed by atoms with van der Waals surface area (Å²) in [7, 11) is 0. The van der Waals surface area contributed by atoms with Gasteiger partial charge in [0.25, 0.3) is 23.2 Å². The van der Waals surface area contributed by atoms with Crippen molar-refractivity contribution < 1.29 is 19.4 Å². The highest BCUT2D eigenvalue weighted by Crippen LogP contribution is 2.47. The molecule has 0 N–H and O–H groups in total. The Morgan fingerprint density at radius 1 is 0.789 bits per heavy atom. The quantitative estimate of drug-likeness (QED) is 0.358. The van der Waals surface area contributed by atoms with Gasteiger partial charge in [0.2, 0.25) is 0 Å². The second-order valence-corrected chi connectivity index (χ2v) is 10.00. The molecule has 38 heavy (non-hydrogen) atoms. The number of anilines is 1. The lowest BCUT2D eigenvalue weighted by Gasteiger charge is -2.40. The van der Waals surface area contributed by atoms with Crippen LogP contribution in [-0.4, -0.2) is 46.2 Å². The molecule has 2 heterocycles. The maximum absolute atomic E-state index is 13.6. The summed E-state index contributed by atoms with van der Waals surface area (Å²) in [6.07, 6.45) is 1.23. The zero-order chi connectivity index (χ0) is 27.2. The summed E-state index contributed by atoms with van der Waals surface area (Å²) in [6, 6.07) is 16.7. The first kappa shape index (κ1) is 25.1. The number of amides is 2. The van der Waals surface area contributed by atoms with Gasteiger partial charge in [0.1, 0.15) is 0 Å². The number of hydrogen-bond donors (Lipinski definition) is 0. The zero-order valence-electron chi connectivity index (χ0n) is 21.0. The van der Waals surface area contributed by atoms with Gasteiger partial charge in [-0.2, -0.15) is 0 Å². The van der Waals surface area contributed by atoms with Crippen molar-refractivity contribution in [1.29, 1.82) is 0 Å². The normalized spacial score (nSPS) is 15.8. The van der Waals surface area contributed by atoms with Crippen LogP contribution in [0.2, 0.25) is 0 Å². The Hall–Kier alpha value is -4.60. The summed E-state index contributed by atoms with van der Waals surface area (Å²) in [6.45, 7) is 4.55. The van der Waals surface area contributed by atoms with Gasteiger partial charge in [0.05, 0.1) is 9.85 Å². The Morgan fingerprint density at radius 2 is 1.32 bits per heavy atom. The Morgan fingerprint density at radius 3 is 1.87 bits per heavy atom. The van der Waals surface area contributed by atoms with Crippen molar-refractivity contribution >= 4 is 28.9 Å². The molecule has 5 rings (SSSR count). The van der Waals surface area contributed by atoms with Crippen molar-refractivity contribution in [2.24, 2.45) is 0 Å². The van der Waals surface area contributed by atoms with E-state index in [1.54, 1.807) is 47.9 Å². The molecule has 0 aliphatic carbocycles. The van der Waals surface area contributed by atoms with Crippen LogP contribution in [0.3, 0.4) is 0 Å². The van der Waals surface area contributed by atoms with E-state index in [4.69, 9.17) is 0 Å². The van der Waals surface area contributed by atoms with Crippen LogP contribution in [0.15, 0.2) is 60.7 Å². The maximum Gasteiger partial charge on any atom is 0.273 e. The van der Waals surface area contributed by atoms with Gasteiger partial charge in [-0.25, -0.2) is 0 Å². The minimum Gasteiger partial charge on any atom is -0.339 e. The second-order valence-electron chi connectivity index (χ2n) is 10.00. The minimum absolute atomic E-state index is 0.0838. The third-order valence-corrected chi connectivity index (χ3v) is 7.79. The number of para-hydroxylation sites is 1. The molecule has 1 fully saturated rings. The van der Waals surface area contributed by atoms with E-state index < -0.39 is 9.85 Å². The molecule has 2 aliphatic heterocycles. The lowest BCUT2D eigenvalue weighted by Crippen LogP contribution is -2.47. The van der Waals surface area contributed by atoms with Crippen LogP contribution in [0.4, 0.5) is 17.1 Å². The maximum atomic E-state index is 13.6. The van der Waals surface area contributed by atoms with Crippen LogP contribution in [0.25, 0.3) is 0 Å². The topological polar surface area (TPSA) is 127 Å². The van der Waals surface area contributed by atoms with E-state index in [-0.39, 0.29) is 39.7 Å². The Balaban J connectivity index is 1.38. The van der Waals surface area contributed by atoms with Gasteiger partial charge in [-0.15, -0.1) is 0 Å². The highest BCUT2D eigenvalue weighted by molar-refractivity contribution is 6.08. The zero-order valence-corrected chi connectivity index (χ0v) is 21.0. The molecular formula is C28H26N4O6. The fourth-order valence-corrected chi connectivity index (χ4v) is 5.59. The van der Waals surface area contributed by atoms with Crippen LogP contribution in [-0.2, 0) is 5.41 Å². The number of nitrogens with zero attached hydrogens (tertiary/aromatic N) is 4. The van der Waals surface area contributed by atoms with Crippen molar-refractivity contribution in [2.45, 2.75) is 32.1 Å². The van der Waals surface area contributed by atoms with E-state index in [0.29, 0.717) is 43.6 Å². The van der Waals surface area contributed by atoms with Crippen LogP contribution >= 0.6 is 0 Å². The number of piperidine rings is 1. The SMILES string of the molecule is Cc1ccc(C(=O)N2CCC3(CC2)CN(C(=O)c2ccc(C)c([N+](=O)[O-])c2)c2ccccc23)cc1[N+](=O)[O-]. The first-order valence-corrected chi connectivity index (χ1v) is 12.3. The largest absolute Gasteiger partial charge is 0.339 e. The Kier molecular flexibility index (Phi) is 6.18. The lowest BCUT2D eigenvalue weighted by molar-refractivity contribution is -0.385. The number of fused-ring (bicyclic) bond motifs is 2. The molecule has 3 aromatic rings. The van der Waals surface area contributed by atoms with Crippen molar-refractivity contribution in [1.82, 2.24) is 4.90 Å². The van der Waals surface area contributed by atoms with Crippen LogP contribution < -0.4 is 4.90 Å². The Labute approximate surface area is 218 Å². The number of nitro groups is 2. The third-order valence-electron chi connectivity index (χ3n) is 7.79. The monoisotopic (exact) mass is 514 g/mol. The molecule has 1 spiro atoms. The molecule has 194 valence electrons. The van der Waals surface area contributed by atoms with E-state index in [1.165, 1.54) is 12.1 Å². The molecular weight excluding hydrogens is 488 g/mol. The molecule has 10 heteroatoms. The molecule has 0 atom stereocenters. The number of hydrogen-bond acceptors (Lipinski definition) is 6. The standard InChI is InChI=1S/C28H26N4O6/c1-18-7-9-20(15-24(18)31(35)36)26(33)29-13-11-28(12-14-29)17-30(23-6-4-3-5-22(23)28)27(34)21-10-8-19(2)25(16-21)32(37)38/h3-10,15-16H,11-14,17H2,1-2H3. The van der Waals surface area contributed by atoms with E-state index >= 15 is 0 Å². The van der Waals surface area contributed by atoms with Gasteiger partial charge in [-0.1, -0.05) is 30.3 Å². The van der Waals surface area contributed by atoms with E-state index in [2.05, 4.69) is 0 Å². The summed E-state index contributed by atoms with van der Waals surface area (Å²) in [5.74, 6) is -0.558. The van der Waals surface area contributed by atoms with Gasteiger partial charge in [0.15, 0.2) is 0 Å². The van der Waals surface area contributed by atoms with Crippen LogP contribution in [0.5, 0.6) is 0 Å². The molecule has 2 amide bonds. The minimum atomic E-state index is -0.485. The molecule has 0 saturated carbocycles. The van der Waals surface area contributed by atoms with Crippen LogP contribution in [0, 0.1) is 34.1 Å². The fraction of sp³-hybridized carbons (Fsp3) is 0.286. The van der Waals surface area contributed by atoms with Crippen molar-refractivity contribution in [2.75, 3.05) is 24.5 Å². The molecule has 1 saturated heterocycles. The van der Waals surface area contributed by atoms with Gasteiger partial charge >= 0.3 is 0 Å². The van der Waals surface area contributed by atoms with Crippen molar-refractivity contribution in [3.63, 3.8) is 0 Å². The van der Waals surface area contributed by atoms with Crippen LogP contribution in [0.1, 0.15) is 50.2 Å². The summed E-state index contributed by atoms with van der Waals surface area (Å²) >= 11 is 0. The molecule has 0 bridgehead atoms. The number of carbonyl (C=O) groups is 2. The predicted molar refractivity (Wildman–Crippen MR) is 141 cm³/mol. The van der Waals surface area contributed by atoms with E-state index in [1.807, 2.05) is 24.3 Å². The van der Waals surface area contributed by atoms with Gasteiger partial charge in [-0.05, 0) is 50.5 Å². The fourth-order valence-electron chi connectivity index (χ4n) is 5.59. The number of carbonyl (C=O) groups excluding carboxylic acids is 2. The smallest absolute Gasteiger partial charge is 0.273 e. The second kappa shape index (κ2) is 9.37.